The van der Waals surface area contributed by atoms with E-state index in [0.717, 1.165) is 49.4 Å². The first kappa shape index (κ1) is 23.5. The van der Waals surface area contributed by atoms with Gasteiger partial charge in [0.05, 0.1) is 11.3 Å². The van der Waals surface area contributed by atoms with Crippen LogP contribution in [0.25, 0.3) is 10.8 Å². The molecule has 3 aromatic rings. The number of aromatic nitrogens is 2. The molecule has 0 bridgehead atoms. The maximum Gasteiger partial charge on any atom is 0.159 e. The van der Waals surface area contributed by atoms with E-state index >= 15 is 0 Å². The van der Waals surface area contributed by atoms with E-state index in [0.29, 0.717) is 5.92 Å². The van der Waals surface area contributed by atoms with Crippen molar-refractivity contribution in [2.75, 3.05) is 25.0 Å². The van der Waals surface area contributed by atoms with Crippen LogP contribution >= 0.6 is 0 Å². The van der Waals surface area contributed by atoms with Gasteiger partial charge >= 0.3 is 0 Å². The van der Waals surface area contributed by atoms with Crippen LogP contribution in [-0.2, 0) is 6.42 Å². The molecule has 0 aliphatic carbocycles. The molecule has 0 radical (unpaired) electrons. The van der Waals surface area contributed by atoms with Gasteiger partial charge < -0.3 is 20.6 Å². The van der Waals surface area contributed by atoms with Gasteiger partial charge in [0.15, 0.2) is 5.82 Å². The first-order valence-electron chi connectivity index (χ1n) is 12.5. The van der Waals surface area contributed by atoms with Gasteiger partial charge in [-0.3, -0.25) is 0 Å². The predicted octanol–water partition coefficient (Wildman–Crippen LogP) is 4.25. The summed E-state index contributed by atoms with van der Waals surface area (Å²) in [6, 6.07) is 18.9. The number of hydrogen-bond acceptors (Lipinski definition) is 6. The van der Waals surface area contributed by atoms with Crippen molar-refractivity contribution in [2.45, 2.75) is 44.9 Å². The number of allylic oxidation sites excluding steroid dienone is 3. The molecule has 1 atom stereocenters. The van der Waals surface area contributed by atoms with Crippen molar-refractivity contribution in [3.63, 3.8) is 0 Å². The highest BCUT2D eigenvalue weighted by atomic mass is 16.3. The van der Waals surface area contributed by atoms with Crippen LogP contribution in [0.2, 0.25) is 0 Å². The minimum absolute atomic E-state index is 0.306. The van der Waals surface area contributed by atoms with Crippen LogP contribution in [0, 0.1) is 5.92 Å². The molecule has 2 aliphatic rings. The Labute approximate surface area is 207 Å². The van der Waals surface area contributed by atoms with Crippen molar-refractivity contribution in [1.29, 1.82) is 0 Å². The summed E-state index contributed by atoms with van der Waals surface area (Å²) in [7, 11) is 2.03. The highest BCUT2D eigenvalue weighted by molar-refractivity contribution is 5.93. The van der Waals surface area contributed by atoms with Gasteiger partial charge in [0.1, 0.15) is 6.17 Å². The smallest absolute Gasteiger partial charge is 0.159 e. The summed E-state index contributed by atoms with van der Waals surface area (Å²) in [6.07, 6.45) is 6.67. The van der Waals surface area contributed by atoms with Crippen LogP contribution in [0.3, 0.4) is 0 Å². The second-order valence-electron chi connectivity index (χ2n) is 10.3. The molecule has 5 rings (SSSR count). The lowest BCUT2D eigenvalue weighted by Crippen LogP contribution is -2.49. The lowest BCUT2D eigenvalue weighted by molar-refractivity contribution is 0.0979. The van der Waals surface area contributed by atoms with Gasteiger partial charge in [-0.25, -0.2) is 0 Å². The number of piperidine rings is 1. The van der Waals surface area contributed by atoms with E-state index in [2.05, 4.69) is 69.5 Å². The average molecular weight is 470 g/mol. The van der Waals surface area contributed by atoms with Crippen LogP contribution < -0.4 is 10.6 Å². The van der Waals surface area contributed by atoms with E-state index < -0.39 is 5.60 Å². The van der Waals surface area contributed by atoms with Crippen molar-refractivity contribution >= 4 is 16.6 Å². The van der Waals surface area contributed by atoms with Crippen molar-refractivity contribution in [2.24, 2.45) is 11.7 Å². The second kappa shape index (κ2) is 9.44. The van der Waals surface area contributed by atoms with Crippen molar-refractivity contribution < 1.29 is 5.11 Å². The standard InChI is InChI=1S/C29H35N5O/c1-29(2,35)24-13-14-26(33(3)27(24)30)21-15-17-34(18-16-21)28-23-12-8-7-11-22(23)25(31-32-28)19-20-9-5-4-6-10-20/h4-14,21,27,35H,15-19,30H2,1-3H3. The summed E-state index contributed by atoms with van der Waals surface area (Å²) in [4.78, 5) is 4.50. The number of nitrogens with two attached hydrogens (primary N) is 1. The Bertz CT molecular complexity index is 1250. The van der Waals surface area contributed by atoms with Gasteiger partial charge in [0.25, 0.3) is 0 Å². The molecular weight excluding hydrogens is 434 g/mol. The first-order chi connectivity index (χ1) is 16.8. The van der Waals surface area contributed by atoms with Crippen molar-refractivity contribution in [3.8, 4) is 0 Å². The maximum atomic E-state index is 10.5. The van der Waals surface area contributed by atoms with Gasteiger partial charge in [-0.1, -0.05) is 60.7 Å². The number of anilines is 1. The molecule has 6 heteroatoms. The summed E-state index contributed by atoms with van der Waals surface area (Å²) in [6.45, 7) is 5.42. The second-order valence-corrected chi connectivity index (χ2v) is 10.3. The van der Waals surface area contributed by atoms with E-state index in [1.807, 2.05) is 19.2 Å². The minimum atomic E-state index is -0.925. The Morgan fingerprint density at radius 1 is 0.943 bits per heavy atom. The zero-order valence-electron chi connectivity index (χ0n) is 20.9. The summed E-state index contributed by atoms with van der Waals surface area (Å²) in [5.41, 5.74) is 9.91. The Morgan fingerprint density at radius 2 is 1.60 bits per heavy atom. The number of rotatable bonds is 5. The fourth-order valence-electron chi connectivity index (χ4n) is 5.44. The third kappa shape index (κ3) is 4.68. The van der Waals surface area contributed by atoms with Gasteiger partial charge in [0.2, 0.25) is 0 Å². The Balaban J connectivity index is 1.35. The quantitative estimate of drug-likeness (QED) is 0.582. The van der Waals surface area contributed by atoms with Crippen molar-refractivity contribution in [1.82, 2.24) is 15.1 Å². The minimum Gasteiger partial charge on any atom is -0.386 e. The van der Waals surface area contributed by atoms with Gasteiger partial charge in [-0.05, 0) is 43.9 Å². The topological polar surface area (TPSA) is 78.5 Å². The van der Waals surface area contributed by atoms with Crippen LogP contribution in [0.4, 0.5) is 5.82 Å². The highest BCUT2D eigenvalue weighted by Crippen LogP contribution is 2.35. The predicted molar refractivity (Wildman–Crippen MR) is 142 cm³/mol. The largest absolute Gasteiger partial charge is 0.386 e. The fourth-order valence-corrected chi connectivity index (χ4v) is 5.44. The van der Waals surface area contributed by atoms with E-state index in [1.54, 1.807) is 13.8 Å². The molecule has 1 fully saturated rings. The lowest BCUT2D eigenvalue weighted by atomic mass is 9.86. The third-order valence-electron chi connectivity index (χ3n) is 7.45. The summed E-state index contributed by atoms with van der Waals surface area (Å²) < 4.78 is 0. The molecule has 0 spiro atoms. The monoisotopic (exact) mass is 469 g/mol. The number of hydrogen-bond donors (Lipinski definition) is 2. The van der Waals surface area contributed by atoms with E-state index in [-0.39, 0.29) is 6.17 Å². The van der Waals surface area contributed by atoms with Crippen LogP contribution in [-0.4, -0.2) is 52.1 Å². The summed E-state index contributed by atoms with van der Waals surface area (Å²) in [5.74, 6) is 1.40. The number of aliphatic hydroxyl groups is 1. The molecule has 1 aromatic heterocycles. The Kier molecular flexibility index (Phi) is 6.34. The fraction of sp³-hybridized carbons (Fsp3) is 0.379. The normalized spacial score (nSPS) is 19.6. The number of benzene rings is 2. The summed E-state index contributed by atoms with van der Waals surface area (Å²) >= 11 is 0. The zero-order valence-corrected chi connectivity index (χ0v) is 20.9. The van der Waals surface area contributed by atoms with Gasteiger partial charge in [-0.2, -0.15) is 5.10 Å². The Hall–Kier alpha value is -3.22. The lowest BCUT2D eigenvalue weighted by Gasteiger charge is -2.42. The van der Waals surface area contributed by atoms with Crippen molar-refractivity contribution in [3.05, 3.63) is 89.3 Å². The van der Waals surface area contributed by atoms with E-state index in [9.17, 15) is 5.11 Å². The first-order valence-corrected chi connectivity index (χ1v) is 12.5. The summed E-state index contributed by atoms with van der Waals surface area (Å²) in [5, 5.41) is 22.2. The molecule has 3 heterocycles. The molecule has 182 valence electrons. The molecule has 0 amide bonds. The third-order valence-corrected chi connectivity index (χ3v) is 7.45. The molecule has 3 N–H and O–H groups in total. The SMILES string of the molecule is CN1C(C2CCN(c3nnc(Cc4ccccc4)c4ccccc34)CC2)=CC=C(C(C)(C)O)C1N. The maximum absolute atomic E-state index is 10.5. The number of nitrogens with zero attached hydrogens (tertiary/aromatic N) is 4. The molecule has 1 unspecified atom stereocenters. The molecule has 35 heavy (non-hydrogen) atoms. The molecule has 6 nitrogen and oxygen atoms in total. The number of fused-ring (bicyclic) bond motifs is 1. The average Bonchev–Trinajstić information content (AvgIpc) is 2.86. The molecular formula is C29H35N5O. The van der Waals surface area contributed by atoms with Crippen LogP contribution in [0.5, 0.6) is 0 Å². The molecule has 2 aromatic carbocycles. The highest BCUT2D eigenvalue weighted by Gasteiger charge is 2.34. The van der Waals surface area contributed by atoms with Crippen LogP contribution in [0.1, 0.15) is 37.9 Å². The zero-order chi connectivity index (χ0) is 24.6. The van der Waals surface area contributed by atoms with Crippen LogP contribution in [0.15, 0.2) is 78.0 Å². The molecule has 2 aliphatic heterocycles. The Morgan fingerprint density at radius 3 is 2.29 bits per heavy atom. The molecule has 0 saturated carbocycles. The van der Waals surface area contributed by atoms with E-state index in [4.69, 9.17) is 10.8 Å². The number of likely N-dealkylation sites (N-methyl/N-ethyl adjacent to an activating group) is 1. The molecule has 1 saturated heterocycles. The van der Waals surface area contributed by atoms with E-state index in [1.165, 1.54) is 22.0 Å². The van der Waals surface area contributed by atoms with Gasteiger partial charge in [0, 0.05) is 48.9 Å². The van der Waals surface area contributed by atoms with Gasteiger partial charge in [-0.15, -0.1) is 5.10 Å².